The maximum atomic E-state index is 5.25. The number of ether oxygens (including phenoxy) is 1. The zero-order valence-electron chi connectivity index (χ0n) is 10.6. The van der Waals surface area contributed by atoms with Crippen LogP contribution >= 0.6 is 15.9 Å². The Morgan fingerprint density at radius 1 is 1.47 bits per heavy atom. The molecule has 3 heteroatoms. The summed E-state index contributed by atoms with van der Waals surface area (Å²) in [5.74, 6) is 1.74. The van der Waals surface area contributed by atoms with E-state index in [1.54, 1.807) is 7.11 Å². The fourth-order valence-electron chi connectivity index (χ4n) is 2.50. The van der Waals surface area contributed by atoms with Crippen molar-refractivity contribution >= 4 is 15.9 Å². The van der Waals surface area contributed by atoms with E-state index in [9.17, 15) is 0 Å². The molecule has 0 aliphatic carbocycles. The number of hydrogen-bond donors (Lipinski definition) is 0. The van der Waals surface area contributed by atoms with Crippen molar-refractivity contribution < 1.29 is 4.74 Å². The van der Waals surface area contributed by atoms with Crippen LogP contribution in [0.3, 0.4) is 0 Å². The maximum Gasteiger partial charge on any atom is 0.133 e. The molecule has 1 fully saturated rings. The molecule has 1 aliphatic rings. The Bertz CT molecular complexity index is 380. The van der Waals surface area contributed by atoms with Crippen molar-refractivity contribution in [2.75, 3.05) is 20.2 Å². The standard InChI is InChI=1S/C14H20BrNO/c1-11-4-3-7-16(9-11)10-12-5-6-14(17-2)13(15)8-12/h5-6,8,11H,3-4,7,9-10H2,1-2H3. The highest BCUT2D eigenvalue weighted by atomic mass is 79.9. The molecule has 94 valence electrons. The molecule has 2 rings (SSSR count). The fraction of sp³-hybridized carbons (Fsp3) is 0.571. The number of halogens is 1. The predicted molar refractivity (Wildman–Crippen MR) is 74.4 cm³/mol. The van der Waals surface area contributed by atoms with Gasteiger partial charge in [0.1, 0.15) is 5.75 Å². The van der Waals surface area contributed by atoms with Gasteiger partial charge in [-0.15, -0.1) is 0 Å². The highest BCUT2D eigenvalue weighted by Gasteiger charge is 2.16. The van der Waals surface area contributed by atoms with E-state index < -0.39 is 0 Å². The summed E-state index contributed by atoms with van der Waals surface area (Å²) in [7, 11) is 1.70. The summed E-state index contributed by atoms with van der Waals surface area (Å²) in [6, 6.07) is 6.35. The SMILES string of the molecule is COc1ccc(CN2CCCC(C)C2)cc1Br. The monoisotopic (exact) mass is 297 g/mol. The summed E-state index contributed by atoms with van der Waals surface area (Å²) < 4.78 is 6.29. The van der Waals surface area contributed by atoms with Gasteiger partial charge in [0.2, 0.25) is 0 Å². The second-order valence-corrected chi connectivity index (χ2v) is 5.81. The van der Waals surface area contributed by atoms with E-state index in [1.165, 1.54) is 31.5 Å². The van der Waals surface area contributed by atoms with E-state index in [2.05, 4.69) is 39.9 Å². The van der Waals surface area contributed by atoms with Crippen LogP contribution in [0.5, 0.6) is 5.75 Å². The van der Waals surface area contributed by atoms with Crippen molar-refractivity contribution in [2.24, 2.45) is 5.92 Å². The summed E-state index contributed by atoms with van der Waals surface area (Å²) in [6.07, 6.45) is 2.71. The first-order valence-corrected chi connectivity index (χ1v) is 7.03. The third-order valence-corrected chi connectivity index (χ3v) is 3.98. The third-order valence-electron chi connectivity index (χ3n) is 3.36. The first-order chi connectivity index (χ1) is 8.19. The number of rotatable bonds is 3. The van der Waals surface area contributed by atoms with Crippen molar-refractivity contribution in [2.45, 2.75) is 26.3 Å². The van der Waals surface area contributed by atoms with Gasteiger partial charge >= 0.3 is 0 Å². The molecule has 0 bridgehead atoms. The molecular formula is C14H20BrNO. The highest BCUT2D eigenvalue weighted by Crippen LogP contribution is 2.26. The molecule has 0 amide bonds. The van der Waals surface area contributed by atoms with Gasteiger partial charge in [-0.25, -0.2) is 0 Å². The molecule has 1 aromatic rings. The number of piperidine rings is 1. The topological polar surface area (TPSA) is 12.5 Å². The summed E-state index contributed by atoms with van der Waals surface area (Å²) >= 11 is 3.54. The highest BCUT2D eigenvalue weighted by molar-refractivity contribution is 9.10. The number of nitrogens with zero attached hydrogens (tertiary/aromatic N) is 1. The van der Waals surface area contributed by atoms with Crippen molar-refractivity contribution in [1.82, 2.24) is 4.90 Å². The normalized spacial score (nSPS) is 21.5. The second-order valence-electron chi connectivity index (χ2n) is 4.95. The molecule has 0 N–H and O–H groups in total. The van der Waals surface area contributed by atoms with Crippen LogP contribution < -0.4 is 4.74 Å². The molecule has 17 heavy (non-hydrogen) atoms. The first-order valence-electron chi connectivity index (χ1n) is 6.24. The van der Waals surface area contributed by atoms with E-state index >= 15 is 0 Å². The Hall–Kier alpha value is -0.540. The van der Waals surface area contributed by atoms with Crippen LogP contribution in [0.1, 0.15) is 25.3 Å². The molecule has 1 aromatic carbocycles. The Morgan fingerprint density at radius 3 is 2.94 bits per heavy atom. The smallest absolute Gasteiger partial charge is 0.133 e. The lowest BCUT2D eigenvalue weighted by molar-refractivity contribution is 0.176. The van der Waals surface area contributed by atoms with Crippen LogP contribution in [0.2, 0.25) is 0 Å². The lowest BCUT2D eigenvalue weighted by Gasteiger charge is -2.30. The molecule has 2 nitrogen and oxygen atoms in total. The van der Waals surface area contributed by atoms with E-state index in [4.69, 9.17) is 4.74 Å². The van der Waals surface area contributed by atoms with E-state index in [1.807, 2.05) is 6.07 Å². The third kappa shape index (κ3) is 3.46. The minimum atomic E-state index is 0.838. The lowest BCUT2D eigenvalue weighted by Crippen LogP contribution is -2.33. The van der Waals surface area contributed by atoms with E-state index in [0.29, 0.717) is 0 Å². The molecule has 1 aliphatic heterocycles. The molecular weight excluding hydrogens is 278 g/mol. The second kappa shape index (κ2) is 5.87. The summed E-state index contributed by atoms with van der Waals surface area (Å²) in [5, 5.41) is 0. The van der Waals surface area contributed by atoms with Crippen LogP contribution in [0.15, 0.2) is 22.7 Å². The first kappa shape index (κ1) is 12.9. The van der Waals surface area contributed by atoms with Crippen LogP contribution in [-0.2, 0) is 6.54 Å². The van der Waals surface area contributed by atoms with Gasteiger partial charge in [-0.05, 0) is 58.9 Å². The molecule has 0 saturated carbocycles. The quantitative estimate of drug-likeness (QED) is 0.844. The zero-order valence-corrected chi connectivity index (χ0v) is 12.2. The van der Waals surface area contributed by atoms with Gasteiger partial charge in [-0.3, -0.25) is 4.90 Å². The van der Waals surface area contributed by atoms with Gasteiger partial charge in [-0.1, -0.05) is 13.0 Å². The van der Waals surface area contributed by atoms with Crippen LogP contribution in [-0.4, -0.2) is 25.1 Å². The average Bonchev–Trinajstić information content (AvgIpc) is 2.29. The zero-order chi connectivity index (χ0) is 12.3. The van der Waals surface area contributed by atoms with Gasteiger partial charge in [0.25, 0.3) is 0 Å². The lowest BCUT2D eigenvalue weighted by atomic mass is 10.00. The molecule has 1 unspecified atom stereocenters. The average molecular weight is 298 g/mol. The minimum absolute atomic E-state index is 0.838. The number of hydrogen-bond acceptors (Lipinski definition) is 2. The van der Waals surface area contributed by atoms with Crippen molar-refractivity contribution in [1.29, 1.82) is 0 Å². The van der Waals surface area contributed by atoms with Crippen LogP contribution in [0, 0.1) is 5.92 Å². The maximum absolute atomic E-state index is 5.25. The van der Waals surface area contributed by atoms with Crippen molar-refractivity contribution in [3.05, 3.63) is 28.2 Å². The molecule has 0 spiro atoms. The Labute approximate surface area is 112 Å². The van der Waals surface area contributed by atoms with Crippen LogP contribution in [0.25, 0.3) is 0 Å². The summed E-state index contributed by atoms with van der Waals surface area (Å²) in [5.41, 5.74) is 1.35. The molecule has 1 heterocycles. The van der Waals surface area contributed by atoms with Gasteiger partial charge in [0.05, 0.1) is 11.6 Å². The van der Waals surface area contributed by atoms with Crippen molar-refractivity contribution in [3.63, 3.8) is 0 Å². The van der Waals surface area contributed by atoms with Crippen LogP contribution in [0.4, 0.5) is 0 Å². The van der Waals surface area contributed by atoms with Crippen molar-refractivity contribution in [3.8, 4) is 5.75 Å². The summed E-state index contributed by atoms with van der Waals surface area (Å²) in [4.78, 5) is 2.54. The van der Waals surface area contributed by atoms with Gasteiger partial charge in [0, 0.05) is 13.1 Å². The predicted octanol–water partition coefficient (Wildman–Crippen LogP) is 3.69. The van der Waals surface area contributed by atoms with Gasteiger partial charge in [-0.2, -0.15) is 0 Å². The Morgan fingerprint density at radius 2 is 2.29 bits per heavy atom. The minimum Gasteiger partial charge on any atom is -0.496 e. The molecule has 1 saturated heterocycles. The van der Waals surface area contributed by atoms with E-state index in [-0.39, 0.29) is 0 Å². The van der Waals surface area contributed by atoms with Gasteiger partial charge in [0.15, 0.2) is 0 Å². The number of methoxy groups -OCH3 is 1. The molecule has 0 radical (unpaired) electrons. The fourth-order valence-corrected chi connectivity index (χ4v) is 3.08. The number of benzene rings is 1. The largest absolute Gasteiger partial charge is 0.496 e. The number of likely N-dealkylation sites (tertiary alicyclic amines) is 1. The summed E-state index contributed by atoms with van der Waals surface area (Å²) in [6.45, 7) is 5.85. The Balaban J connectivity index is 2.00. The van der Waals surface area contributed by atoms with Gasteiger partial charge < -0.3 is 4.74 Å². The molecule has 1 atom stereocenters. The Kier molecular flexibility index (Phi) is 4.46. The molecule has 0 aromatic heterocycles. The van der Waals surface area contributed by atoms with E-state index in [0.717, 1.165) is 22.7 Å².